The van der Waals surface area contributed by atoms with Crippen molar-refractivity contribution in [2.75, 3.05) is 5.75 Å². The Morgan fingerprint density at radius 1 is 0.889 bits per heavy atom. The predicted molar refractivity (Wildman–Crippen MR) is 114 cm³/mol. The van der Waals surface area contributed by atoms with E-state index in [0.29, 0.717) is 6.42 Å². The summed E-state index contributed by atoms with van der Waals surface area (Å²) in [5, 5.41) is 10.9. The number of rotatable bonds is 7. The van der Waals surface area contributed by atoms with Crippen LogP contribution in [0.15, 0.2) is 77.7 Å². The molecule has 0 heterocycles. The summed E-state index contributed by atoms with van der Waals surface area (Å²) in [6.07, 6.45) is 0.560. The van der Waals surface area contributed by atoms with Crippen LogP contribution in [0.25, 0.3) is 22.3 Å². The number of phenolic OH excluding ortho intramolecular Hbond substituents is 1. The van der Waals surface area contributed by atoms with Crippen molar-refractivity contribution in [3.63, 3.8) is 0 Å². The first-order valence-electron chi connectivity index (χ1n) is 9.19. The zero-order valence-corrected chi connectivity index (χ0v) is 16.5. The van der Waals surface area contributed by atoms with E-state index in [0.717, 1.165) is 32.9 Å². The largest absolute Gasteiger partial charge is 0.507 e. The van der Waals surface area contributed by atoms with Crippen molar-refractivity contribution in [1.29, 1.82) is 0 Å². The van der Waals surface area contributed by atoms with Gasteiger partial charge in [0.2, 0.25) is 0 Å². The van der Waals surface area contributed by atoms with Gasteiger partial charge in [-0.3, -0.25) is 4.79 Å². The second-order valence-electron chi connectivity index (χ2n) is 6.82. The maximum atomic E-state index is 11.9. The van der Waals surface area contributed by atoms with Crippen LogP contribution in [0.5, 0.6) is 5.75 Å². The molecule has 3 aromatic carbocycles. The highest BCUT2D eigenvalue weighted by molar-refractivity contribution is 7.99. The van der Waals surface area contributed by atoms with E-state index in [1.54, 1.807) is 11.8 Å². The fourth-order valence-corrected chi connectivity index (χ4v) is 3.87. The van der Waals surface area contributed by atoms with Crippen molar-refractivity contribution in [1.82, 2.24) is 0 Å². The normalized spacial score (nSPS) is 10.9. The SMILES string of the molecule is CC(C)C(=O)CCSc1cc(-c2ccccc2)c(O)c(-c2ccccc2)c1. The molecular formula is C24H24O2S. The topological polar surface area (TPSA) is 37.3 Å². The van der Waals surface area contributed by atoms with Crippen LogP contribution in [-0.2, 0) is 4.79 Å². The summed E-state index contributed by atoms with van der Waals surface area (Å²) >= 11 is 1.66. The monoisotopic (exact) mass is 376 g/mol. The maximum absolute atomic E-state index is 11.9. The molecule has 0 aliphatic heterocycles. The number of thioether (sulfide) groups is 1. The molecule has 3 heteroatoms. The lowest BCUT2D eigenvalue weighted by Gasteiger charge is -2.14. The van der Waals surface area contributed by atoms with Gasteiger partial charge in [0.25, 0.3) is 0 Å². The maximum Gasteiger partial charge on any atom is 0.136 e. The van der Waals surface area contributed by atoms with Crippen molar-refractivity contribution in [3.05, 3.63) is 72.8 Å². The fourth-order valence-electron chi connectivity index (χ4n) is 2.92. The lowest BCUT2D eigenvalue weighted by molar-refractivity contribution is -0.121. The summed E-state index contributed by atoms with van der Waals surface area (Å²) in [4.78, 5) is 13.0. The molecule has 0 amide bonds. The lowest BCUT2D eigenvalue weighted by Crippen LogP contribution is -2.07. The molecule has 0 aliphatic rings. The summed E-state index contributed by atoms with van der Waals surface area (Å²) in [7, 11) is 0. The van der Waals surface area contributed by atoms with E-state index in [9.17, 15) is 9.90 Å². The van der Waals surface area contributed by atoms with E-state index in [4.69, 9.17) is 0 Å². The average molecular weight is 377 g/mol. The minimum Gasteiger partial charge on any atom is -0.507 e. The molecule has 3 aromatic rings. The van der Waals surface area contributed by atoms with E-state index >= 15 is 0 Å². The number of phenols is 1. The van der Waals surface area contributed by atoms with Gasteiger partial charge in [-0.05, 0) is 23.3 Å². The van der Waals surface area contributed by atoms with Gasteiger partial charge in [-0.15, -0.1) is 11.8 Å². The molecule has 0 radical (unpaired) electrons. The molecule has 0 atom stereocenters. The van der Waals surface area contributed by atoms with Gasteiger partial charge in [-0.2, -0.15) is 0 Å². The molecule has 0 saturated heterocycles. The summed E-state index contributed by atoms with van der Waals surface area (Å²) in [5.74, 6) is 1.39. The van der Waals surface area contributed by atoms with Crippen molar-refractivity contribution < 1.29 is 9.90 Å². The third-order valence-electron chi connectivity index (χ3n) is 4.51. The van der Waals surface area contributed by atoms with Gasteiger partial charge in [0.15, 0.2) is 0 Å². The number of carbonyl (C=O) groups is 1. The highest BCUT2D eigenvalue weighted by atomic mass is 32.2. The fraction of sp³-hybridized carbons (Fsp3) is 0.208. The molecule has 2 nitrogen and oxygen atoms in total. The van der Waals surface area contributed by atoms with Gasteiger partial charge >= 0.3 is 0 Å². The number of hydrogen-bond acceptors (Lipinski definition) is 3. The Kier molecular flexibility index (Phi) is 6.36. The van der Waals surface area contributed by atoms with Crippen LogP contribution >= 0.6 is 11.8 Å². The number of Topliss-reactive ketones (excluding diaryl/α,β-unsaturated/α-hetero) is 1. The predicted octanol–water partition coefficient (Wildman–Crippen LogP) is 6.43. The molecule has 0 fully saturated rings. The average Bonchev–Trinajstić information content (AvgIpc) is 2.70. The lowest BCUT2D eigenvalue weighted by atomic mass is 9.97. The van der Waals surface area contributed by atoms with Crippen LogP contribution in [0.4, 0.5) is 0 Å². The summed E-state index contributed by atoms with van der Waals surface area (Å²) < 4.78 is 0. The van der Waals surface area contributed by atoms with Crippen LogP contribution in [0.2, 0.25) is 0 Å². The smallest absolute Gasteiger partial charge is 0.136 e. The standard InChI is InChI=1S/C24H24O2S/c1-17(2)23(25)13-14-27-20-15-21(18-9-5-3-6-10-18)24(26)22(16-20)19-11-7-4-8-12-19/h3-12,15-17,26H,13-14H2,1-2H3. The van der Waals surface area contributed by atoms with E-state index in [1.807, 2.05) is 86.6 Å². The first-order valence-corrected chi connectivity index (χ1v) is 10.2. The molecule has 0 saturated carbocycles. The van der Waals surface area contributed by atoms with Gasteiger partial charge in [-0.1, -0.05) is 74.5 Å². The molecule has 0 aromatic heterocycles. The highest BCUT2D eigenvalue weighted by Gasteiger charge is 2.14. The van der Waals surface area contributed by atoms with Crippen molar-refractivity contribution in [3.8, 4) is 28.0 Å². The molecule has 138 valence electrons. The zero-order chi connectivity index (χ0) is 19.2. The van der Waals surface area contributed by atoms with Crippen LogP contribution in [0.3, 0.4) is 0 Å². The minimum atomic E-state index is 0.0742. The van der Waals surface area contributed by atoms with E-state index in [1.165, 1.54) is 0 Å². The Labute approximate surface area is 165 Å². The summed E-state index contributed by atoms with van der Waals surface area (Å²) in [6.45, 7) is 3.88. The van der Waals surface area contributed by atoms with Crippen molar-refractivity contribution in [2.45, 2.75) is 25.2 Å². The zero-order valence-electron chi connectivity index (χ0n) is 15.7. The highest BCUT2D eigenvalue weighted by Crippen LogP contribution is 2.41. The molecule has 1 N–H and O–H groups in total. The molecule has 0 aliphatic carbocycles. The van der Waals surface area contributed by atoms with E-state index < -0.39 is 0 Å². The van der Waals surface area contributed by atoms with Gasteiger partial charge < -0.3 is 5.11 Å². The third-order valence-corrected chi connectivity index (χ3v) is 5.49. The third kappa shape index (κ3) is 4.81. The minimum absolute atomic E-state index is 0.0742. The van der Waals surface area contributed by atoms with Gasteiger partial charge in [-0.25, -0.2) is 0 Å². The Balaban J connectivity index is 1.97. The van der Waals surface area contributed by atoms with Crippen molar-refractivity contribution >= 4 is 17.5 Å². The molecule has 0 bridgehead atoms. The number of benzene rings is 3. The second-order valence-corrected chi connectivity index (χ2v) is 7.99. The Morgan fingerprint density at radius 3 is 1.81 bits per heavy atom. The molecule has 3 rings (SSSR count). The quantitative estimate of drug-likeness (QED) is 0.483. The second kappa shape index (κ2) is 8.92. The first kappa shape index (κ1) is 19.2. The number of hydrogen-bond donors (Lipinski definition) is 1. The van der Waals surface area contributed by atoms with Gasteiger partial charge in [0.05, 0.1) is 0 Å². The van der Waals surface area contributed by atoms with Crippen LogP contribution in [0, 0.1) is 5.92 Å². The van der Waals surface area contributed by atoms with E-state index in [-0.39, 0.29) is 17.5 Å². The summed E-state index contributed by atoms with van der Waals surface area (Å²) in [6, 6.07) is 23.8. The molecular weight excluding hydrogens is 352 g/mol. The van der Waals surface area contributed by atoms with Crippen LogP contribution in [0.1, 0.15) is 20.3 Å². The Bertz CT molecular complexity index is 842. The van der Waals surface area contributed by atoms with Crippen molar-refractivity contribution in [2.24, 2.45) is 5.92 Å². The van der Waals surface area contributed by atoms with Gasteiger partial charge in [0.1, 0.15) is 11.5 Å². The molecule has 0 spiro atoms. The van der Waals surface area contributed by atoms with Gasteiger partial charge in [0, 0.05) is 34.1 Å². The Hall–Kier alpha value is -2.52. The number of carbonyl (C=O) groups excluding carboxylic acids is 1. The number of ketones is 1. The Morgan fingerprint density at radius 2 is 1.37 bits per heavy atom. The van der Waals surface area contributed by atoms with Crippen LogP contribution in [-0.4, -0.2) is 16.6 Å². The summed E-state index contributed by atoms with van der Waals surface area (Å²) in [5.41, 5.74) is 3.59. The number of aromatic hydroxyl groups is 1. The van der Waals surface area contributed by atoms with Crippen LogP contribution < -0.4 is 0 Å². The molecule has 0 unspecified atom stereocenters. The first-order chi connectivity index (χ1) is 13.1. The van der Waals surface area contributed by atoms with E-state index in [2.05, 4.69) is 0 Å². The molecule has 27 heavy (non-hydrogen) atoms.